The quantitative estimate of drug-likeness (QED) is 0.746. The van der Waals surface area contributed by atoms with E-state index in [0.29, 0.717) is 17.3 Å². The Bertz CT molecular complexity index is 330. The summed E-state index contributed by atoms with van der Waals surface area (Å²) in [6.07, 6.45) is 2.13. The van der Waals surface area contributed by atoms with Gasteiger partial charge in [-0.05, 0) is 18.6 Å². The molecule has 1 heterocycles. The Morgan fingerprint density at radius 1 is 1.79 bits per heavy atom. The minimum absolute atomic E-state index is 0.213. The molecule has 0 saturated heterocycles. The van der Waals surface area contributed by atoms with Crippen LogP contribution in [-0.4, -0.2) is 16.9 Å². The fourth-order valence-electron chi connectivity index (χ4n) is 0.901. The summed E-state index contributed by atoms with van der Waals surface area (Å²) in [6, 6.07) is 2.75. The van der Waals surface area contributed by atoms with Gasteiger partial charge in [-0.3, -0.25) is 4.79 Å². The second-order valence-corrected chi connectivity index (χ2v) is 3.26. The number of anilines is 1. The summed E-state index contributed by atoms with van der Waals surface area (Å²) in [4.78, 5) is 15.2. The van der Waals surface area contributed by atoms with Crippen LogP contribution in [0.1, 0.15) is 13.3 Å². The van der Waals surface area contributed by atoms with Gasteiger partial charge < -0.3 is 11.1 Å². The highest BCUT2D eigenvalue weighted by Gasteiger charge is 2.10. The molecular formula is C9H12ClN3O. The average Bonchev–Trinajstić information content (AvgIpc) is 2.16. The van der Waals surface area contributed by atoms with Crippen LogP contribution in [0.5, 0.6) is 0 Å². The van der Waals surface area contributed by atoms with Gasteiger partial charge in [0.05, 0.1) is 6.04 Å². The molecule has 1 aromatic rings. The maximum absolute atomic E-state index is 11.4. The highest BCUT2D eigenvalue weighted by Crippen LogP contribution is 2.11. The molecule has 1 atom stereocenters. The lowest BCUT2D eigenvalue weighted by Crippen LogP contribution is -2.34. The van der Waals surface area contributed by atoms with E-state index in [1.807, 2.05) is 6.92 Å². The zero-order chi connectivity index (χ0) is 10.6. The van der Waals surface area contributed by atoms with Gasteiger partial charge in [-0.2, -0.15) is 0 Å². The number of hydrogen-bond donors (Lipinski definition) is 2. The molecule has 76 valence electrons. The van der Waals surface area contributed by atoms with E-state index in [1.165, 1.54) is 6.20 Å². The van der Waals surface area contributed by atoms with Crippen molar-refractivity contribution in [2.45, 2.75) is 19.4 Å². The van der Waals surface area contributed by atoms with Gasteiger partial charge in [-0.25, -0.2) is 4.98 Å². The number of aromatic nitrogens is 1. The number of amides is 1. The molecule has 0 spiro atoms. The molecule has 1 amide bonds. The average molecular weight is 214 g/mol. The van der Waals surface area contributed by atoms with Crippen molar-refractivity contribution >= 4 is 23.2 Å². The van der Waals surface area contributed by atoms with E-state index in [4.69, 9.17) is 17.3 Å². The highest BCUT2D eigenvalue weighted by atomic mass is 35.5. The molecule has 0 aromatic carbocycles. The Kier molecular flexibility index (Phi) is 3.85. The van der Waals surface area contributed by atoms with E-state index in [2.05, 4.69) is 10.3 Å². The molecule has 0 saturated carbocycles. The Labute approximate surface area is 87.5 Å². The molecule has 0 unspecified atom stereocenters. The van der Waals surface area contributed by atoms with Gasteiger partial charge in [-0.1, -0.05) is 18.5 Å². The van der Waals surface area contributed by atoms with Crippen molar-refractivity contribution < 1.29 is 4.79 Å². The van der Waals surface area contributed by atoms with Crippen molar-refractivity contribution in [3.63, 3.8) is 0 Å². The summed E-state index contributed by atoms with van der Waals surface area (Å²) in [5.74, 6) is -0.213. The Morgan fingerprint density at radius 3 is 3.07 bits per heavy atom. The summed E-state index contributed by atoms with van der Waals surface area (Å²) in [5.41, 5.74) is 6.15. The van der Waals surface area contributed by atoms with Crippen LogP contribution >= 0.6 is 11.6 Å². The van der Waals surface area contributed by atoms with Crippen LogP contribution in [0.4, 0.5) is 5.69 Å². The van der Waals surface area contributed by atoms with Gasteiger partial charge in [0, 0.05) is 11.9 Å². The van der Waals surface area contributed by atoms with Gasteiger partial charge in [0.25, 0.3) is 0 Å². The van der Waals surface area contributed by atoms with Gasteiger partial charge in [0.2, 0.25) is 5.91 Å². The van der Waals surface area contributed by atoms with E-state index in [-0.39, 0.29) is 5.91 Å². The topological polar surface area (TPSA) is 68.0 Å². The number of pyridine rings is 1. The SMILES string of the molecule is CC[C@@H](N)C(=O)Nc1ccnc(Cl)c1. The minimum atomic E-state index is -0.484. The second kappa shape index (κ2) is 4.93. The van der Waals surface area contributed by atoms with E-state index < -0.39 is 6.04 Å². The predicted octanol–water partition coefficient (Wildman–Crippen LogP) is 1.41. The van der Waals surface area contributed by atoms with Crippen LogP contribution in [0.2, 0.25) is 5.15 Å². The van der Waals surface area contributed by atoms with Crippen molar-refractivity contribution in [2.75, 3.05) is 5.32 Å². The molecule has 0 bridgehead atoms. The summed E-state index contributed by atoms with van der Waals surface area (Å²) in [6.45, 7) is 1.85. The lowest BCUT2D eigenvalue weighted by atomic mass is 10.2. The van der Waals surface area contributed by atoms with E-state index in [9.17, 15) is 4.79 Å². The summed E-state index contributed by atoms with van der Waals surface area (Å²) < 4.78 is 0. The van der Waals surface area contributed by atoms with Crippen molar-refractivity contribution in [1.82, 2.24) is 4.98 Å². The van der Waals surface area contributed by atoms with Crippen molar-refractivity contribution in [3.8, 4) is 0 Å². The lowest BCUT2D eigenvalue weighted by Gasteiger charge is -2.09. The summed E-state index contributed by atoms with van der Waals surface area (Å²) >= 11 is 5.65. The third-order valence-electron chi connectivity index (χ3n) is 1.77. The van der Waals surface area contributed by atoms with Crippen molar-refractivity contribution in [3.05, 3.63) is 23.5 Å². The molecule has 0 aliphatic heterocycles. The van der Waals surface area contributed by atoms with Crippen LogP contribution in [-0.2, 0) is 4.79 Å². The zero-order valence-electron chi connectivity index (χ0n) is 7.83. The van der Waals surface area contributed by atoms with Gasteiger partial charge in [0.1, 0.15) is 5.15 Å². The molecule has 1 aromatic heterocycles. The number of carbonyl (C=O) groups excluding carboxylic acids is 1. The predicted molar refractivity (Wildman–Crippen MR) is 56.1 cm³/mol. The van der Waals surface area contributed by atoms with E-state index >= 15 is 0 Å². The van der Waals surface area contributed by atoms with Crippen LogP contribution in [0.15, 0.2) is 18.3 Å². The standard InChI is InChI=1S/C9H12ClN3O/c1-2-7(11)9(14)13-6-3-4-12-8(10)5-6/h3-5,7H,2,11H2,1H3,(H,12,13,14)/t7-/m1/s1. The Morgan fingerprint density at radius 2 is 2.50 bits per heavy atom. The monoisotopic (exact) mass is 213 g/mol. The molecule has 5 heteroatoms. The van der Waals surface area contributed by atoms with Crippen LogP contribution < -0.4 is 11.1 Å². The molecule has 1 rings (SSSR count). The normalized spacial score (nSPS) is 12.2. The molecule has 0 fully saturated rings. The number of nitrogens with one attached hydrogen (secondary N) is 1. The third kappa shape index (κ3) is 2.97. The number of hydrogen-bond acceptors (Lipinski definition) is 3. The molecule has 3 N–H and O–H groups in total. The molecule has 0 radical (unpaired) electrons. The van der Waals surface area contributed by atoms with Gasteiger partial charge in [-0.15, -0.1) is 0 Å². The van der Waals surface area contributed by atoms with Crippen LogP contribution in [0.3, 0.4) is 0 Å². The third-order valence-corrected chi connectivity index (χ3v) is 1.98. The summed E-state index contributed by atoms with van der Waals surface area (Å²) in [5, 5.41) is 2.99. The molecular weight excluding hydrogens is 202 g/mol. The zero-order valence-corrected chi connectivity index (χ0v) is 8.58. The molecule has 0 aliphatic carbocycles. The number of rotatable bonds is 3. The Balaban J connectivity index is 2.65. The molecule has 4 nitrogen and oxygen atoms in total. The minimum Gasteiger partial charge on any atom is -0.325 e. The highest BCUT2D eigenvalue weighted by molar-refractivity contribution is 6.29. The van der Waals surface area contributed by atoms with Crippen LogP contribution in [0.25, 0.3) is 0 Å². The van der Waals surface area contributed by atoms with Crippen molar-refractivity contribution in [1.29, 1.82) is 0 Å². The number of halogens is 1. The van der Waals surface area contributed by atoms with E-state index in [1.54, 1.807) is 12.1 Å². The number of carbonyl (C=O) groups is 1. The lowest BCUT2D eigenvalue weighted by molar-refractivity contribution is -0.117. The van der Waals surface area contributed by atoms with Crippen LogP contribution in [0, 0.1) is 0 Å². The van der Waals surface area contributed by atoms with Gasteiger partial charge >= 0.3 is 0 Å². The van der Waals surface area contributed by atoms with Crippen molar-refractivity contribution in [2.24, 2.45) is 5.73 Å². The smallest absolute Gasteiger partial charge is 0.241 e. The first-order chi connectivity index (χ1) is 6.63. The number of nitrogens with zero attached hydrogens (tertiary/aromatic N) is 1. The summed E-state index contributed by atoms with van der Waals surface area (Å²) in [7, 11) is 0. The first-order valence-corrected chi connectivity index (χ1v) is 4.69. The maximum Gasteiger partial charge on any atom is 0.241 e. The fourth-order valence-corrected chi connectivity index (χ4v) is 1.07. The van der Waals surface area contributed by atoms with Gasteiger partial charge in [0.15, 0.2) is 0 Å². The Hall–Kier alpha value is -1.13. The largest absolute Gasteiger partial charge is 0.325 e. The molecule has 0 aliphatic rings. The first-order valence-electron chi connectivity index (χ1n) is 4.31. The number of nitrogens with two attached hydrogens (primary N) is 1. The fraction of sp³-hybridized carbons (Fsp3) is 0.333. The first kappa shape index (κ1) is 10.9. The maximum atomic E-state index is 11.4. The van der Waals surface area contributed by atoms with E-state index in [0.717, 1.165) is 0 Å². The molecule has 14 heavy (non-hydrogen) atoms. The second-order valence-electron chi connectivity index (χ2n) is 2.87.